The number of hydrogen-bond donors (Lipinski definition) is 1. The van der Waals surface area contributed by atoms with Crippen LogP contribution in [0.3, 0.4) is 0 Å². The molecule has 134 valence electrons. The van der Waals surface area contributed by atoms with E-state index in [1.807, 2.05) is 0 Å². The van der Waals surface area contributed by atoms with Gasteiger partial charge in [-0.15, -0.1) is 0 Å². The molecule has 0 bridgehead atoms. The minimum atomic E-state index is -3.34. The first kappa shape index (κ1) is 18.9. The second kappa shape index (κ2) is 8.62. The summed E-state index contributed by atoms with van der Waals surface area (Å²) in [7, 11) is -3.34. The van der Waals surface area contributed by atoms with E-state index >= 15 is 0 Å². The summed E-state index contributed by atoms with van der Waals surface area (Å²) in [6.07, 6.45) is 2.53. The fourth-order valence-electron chi connectivity index (χ4n) is 2.12. The molecule has 1 N–H and O–H groups in total. The predicted molar refractivity (Wildman–Crippen MR) is 93.0 cm³/mol. The summed E-state index contributed by atoms with van der Waals surface area (Å²) in [6.45, 7) is 0.916. The summed E-state index contributed by atoms with van der Waals surface area (Å²) in [5, 5.41) is 2.74. The molecule has 0 saturated carbocycles. The molecule has 0 radical (unpaired) electrons. The van der Waals surface area contributed by atoms with Crippen molar-refractivity contribution in [2.75, 3.05) is 19.4 Å². The molecule has 0 saturated heterocycles. The Kier molecular flexibility index (Phi) is 6.52. The van der Waals surface area contributed by atoms with Crippen molar-refractivity contribution >= 4 is 15.7 Å². The molecule has 0 atom stereocenters. The fourth-order valence-corrected chi connectivity index (χ4v) is 2.79. The summed E-state index contributed by atoms with van der Waals surface area (Å²) in [5.41, 5.74) is 0.311. The summed E-state index contributed by atoms with van der Waals surface area (Å²) < 4.78 is 41.2. The van der Waals surface area contributed by atoms with Gasteiger partial charge >= 0.3 is 0 Å². The van der Waals surface area contributed by atoms with Crippen molar-refractivity contribution < 1.29 is 22.3 Å². The minimum absolute atomic E-state index is 0.118. The molecule has 0 aliphatic carbocycles. The Morgan fingerprint density at radius 3 is 2.52 bits per heavy atom. The third-order valence-corrected chi connectivity index (χ3v) is 4.57. The number of nitrogens with one attached hydrogen (secondary N) is 1. The van der Waals surface area contributed by atoms with Crippen LogP contribution in [0, 0.1) is 5.82 Å². The minimum Gasteiger partial charge on any atom is -0.494 e. The lowest BCUT2D eigenvalue weighted by molar-refractivity contribution is 0.0952. The third kappa shape index (κ3) is 6.19. The van der Waals surface area contributed by atoms with Crippen molar-refractivity contribution in [1.82, 2.24) is 5.32 Å². The number of sulfone groups is 1. The number of unbranched alkanes of at least 4 members (excludes halogenated alkanes) is 1. The van der Waals surface area contributed by atoms with Gasteiger partial charge in [0.05, 0.1) is 11.5 Å². The largest absolute Gasteiger partial charge is 0.494 e. The summed E-state index contributed by atoms with van der Waals surface area (Å²) in [4.78, 5) is 12.2. The van der Waals surface area contributed by atoms with Crippen LogP contribution in [0.4, 0.5) is 4.39 Å². The summed E-state index contributed by atoms with van der Waals surface area (Å²) in [5.74, 6) is -0.0250. The quantitative estimate of drug-likeness (QED) is 0.730. The van der Waals surface area contributed by atoms with Gasteiger partial charge in [-0.25, -0.2) is 12.8 Å². The molecular formula is C18H20FNO4S. The highest BCUT2D eigenvalue weighted by Crippen LogP contribution is 2.12. The average molecular weight is 365 g/mol. The molecule has 0 aromatic heterocycles. The second-order valence-corrected chi connectivity index (χ2v) is 7.58. The van der Waals surface area contributed by atoms with Gasteiger partial charge in [-0.1, -0.05) is 6.07 Å². The molecule has 2 aromatic rings. The highest BCUT2D eigenvalue weighted by Gasteiger charge is 2.11. The van der Waals surface area contributed by atoms with E-state index in [0.717, 1.165) is 12.7 Å². The lowest BCUT2D eigenvalue weighted by Crippen LogP contribution is -2.24. The van der Waals surface area contributed by atoms with Crippen molar-refractivity contribution in [2.24, 2.45) is 0 Å². The van der Waals surface area contributed by atoms with Crippen LogP contribution in [0.5, 0.6) is 5.75 Å². The number of ether oxygens (including phenoxy) is 1. The van der Waals surface area contributed by atoms with Gasteiger partial charge in [0.2, 0.25) is 0 Å². The Morgan fingerprint density at radius 2 is 1.84 bits per heavy atom. The van der Waals surface area contributed by atoms with Crippen molar-refractivity contribution in [1.29, 1.82) is 0 Å². The Hall–Kier alpha value is -2.41. The van der Waals surface area contributed by atoms with Gasteiger partial charge in [0.1, 0.15) is 11.6 Å². The predicted octanol–water partition coefficient (Wildman–Crippen LogP) is 2.82. The average Bonchev–Trinajstić information content (AvgIpc) is 2.58. The van der Waals surface area contributed by atoms with Crippen LogP contribution in [0.2, 0.25) is 0 Å². The van der Waals surface area contributed by atoms with Gasteiger partial charge in [0.15, 0.2) is 9.84 Å². The molecule has 0 aliphatic heterocycles. The molecule has 7 heteroatoms. The van der Waals surface area contributed by atoms with Crippen molar-refractivity contribution in [3.63, 3.8) is 0 Å². The van der Waals surface area contributed by atoms with E-state index in [-0.39, 0.29) is 16.6 Å². The van der Waals surface area contributed by atoms with E-state index in [9.17, 15) is 17.6 Å². The van der Waals surface area contributed by atoms with Gasteiger partial charge in [0, 0.05) is 18.4 Å². The lowest BCUT2D eigenvalue weighted by atomic mass is 10.2. The number of carbonyl (C=O) groups excluding carboxylic acids is 1. The van der Waals surface area contributed by atoms with E-state index in [1.165, 1.54) is 24.3 Å². The second-order valence-electron chi connectivity index (χ2n) is 5.57. The maximum absolute atomic E-state index is 12.8. The summed E-state index contributed by atoms with van der Waals surface area (Å²) in [6, 6.07) is 11.7. The van der Waals surface area contributed by atoms with Crippen molar-refractivity contribution in [2.45, 2.75) is 17.7 Å². The molecular weight excluding hydrogens is 345 g/mol. The van der Waals surface area contributed by atoms with E-state index in [1.54, 1.807) is 24.3 Å². The van der Waals surface area contributed by atoms with Crippen LogP contribution in [0.15, 0.2) is 53.4 Å². The van der Waals surface area contributed by atoms with Gasteiger partial charge < -0.3 is 10.1 Å². The zero-order valence-corrected chi connectivity index (χ0v) is 14.7. The maximum atomic E-state index is 12.8. The normalized spacial score (nSPS) is 11.1. The Labute approximate surface area is 146 Å². The number of hydrogen-bond acceptors (Lipinski definition) is 4. The molecule has 1 amide bonds. The van der Waals surface area contributed by atoms with E-state index in [0.29, 0.717) is 30.9 Å². The van der Waals surface area contributed by atoms with Gasteiger partial charge in [0.25, 0.3) is 5.91 Å². The lowest BCUT2D eigenvalue weighted by Gasteiger charge is -2.08. The first-order valence-corrected chi connectivity index (χ1v) is 9.72. The van der Waals surface area contributed by atoms with Crippen LogP contribution in [-0.2, 0) is 9.84 Å². The van der Waals surface area contributed by atoms with Crippen LogP contribution >= 0.6 is 0 Å². The van der Waals surface area contributed by atoms with Crippen LogP contribution in [-0.4, -0.2) is 33.7 Å². The molecule has 2 rings (SSSR count). The monoisotopic (exact) mass is 365 g/mol. The van der Waals surface area contributed by atoms with Crippen LogP contribution in [0.25, 0.3) is 0 Å². The molecule has 2 aromatic carbocycles. The highest BCUT2D eigenvalue weighted by molar-refractivity contribution is 7.90. The van der Waals surface area contributed by atoms with E-state index in [4.69, 9.17) is 4.74 Å². The maximum Gasteiger partial charge on any atom is 0.251 e. The highest BCUT2D eigenvalue weighted by atomic mass is 32.2. The van der Waals surface area contributed by atoms with Gasteiger partial charge in [-0.3, -0.25) is 4.79 Å². The van der Waals surface area contributed by atoms with E-state index in [2.05, 4.69) is 5.32 Å². The summed E-state index contributed by atoms with van der Waals surface area (Å²) >= 11 is 0. The topological polar surface area (TPSA) is 72.5 Å². The van der Waals surface area contributed by atoms with Crippen molar-refractivity contribution in [3.05, 3.63) is 59.9 Å². The Balaban J connectivity index is 1.71. The number of amides is 1. The molecule has 0 heterocycles. The molecule has 5 nitrogen and oxygen atoms in total. The number of benzene rings is 2. The molecule has 0 aliphatic rings. The standard InChI is InChI=1S/C18H20FNO4S/c1-25(22,23)17-6-4-5-14(13-17)18(21)20-11-2-3-12-24-16-9-7-15(19)8-10-16/h4-10,13H,2-3,11-12H2,1H3,(H,20,21). The zero-order valence-electron chi connectivity index (χ0n) is 13.9. The van der Waals surface area contributed by atoms with E-state index < -0.39 is 9.84 Å². The molecule has 25 heavy (non-hydrogen) atoms. The number of carbonyl (C=O) groups is 1. The smallest absolute Gasteiger partial charge is 0.251 e. The SMILES string of the molecule is CS(=O)(=O)c1cccc(C(=O)NCCCCOc2ccc(F)cc2)c1. The van der Waals surface area contributed by atoms with Gasteiger partial charge in [-0.2, -0.15) is 0 Å². The van der Waals surface area contributed by atoms with Crippen molar-refractivity contribution in [3.8, 4) is 5.75 Å². The first-order valence-electron chi connectivity index (χ1n) is 7.83. The molecule has 0 fully saturated rings. The van der Waals surface area contributed by atoms with Crippen LogP contribution in [0.1, 0.15) is 23.2 Å². The third-order valence-electron chi connectivity index (χ3n) is 3.46. The zero-order chi connectivity index (χ0) is 18.3. The van der Waals surface area contributed by atoms with Crippen LogP contribution < -0.4 is 10.1 Å². The Morgan fingerprint density at radius 1 is 1.12 bits per heavy atom. The molecule has 0 unspecified atom stereocenters. The molecule has 0 spiro atoms. The Bertz CT molecular complexity index is 819. The van der Waals surface area contributed by atoms with Gasteiger partial charge in [-0.05, 0) is 55.3 Å². The number of rotatable bonds is 8. The number of halogens is 1. The fraction of sp³-hybridized carbons (Fsp3) is 0.278. The first-order chi connectivity index (χ1) is 11.9.